The molecule has 2 rings (SSSR count). The van der Waals surface area contributed by atoms with Crippen molar-refractivity contribution in [2.45, 2.75) is 19.9 Å². The van der Waals surface area contributed by atoms with E-state index in [1.54, 1.807) is 4.90 Å². The summed E-state index contributed by atoms with van der Waals surface area (Å²) in [5, 5.41) is 9.23. The number of halogens is 1. The van der Waals surface area contributed by atoms with Crippen LogP contribution in [0.1, 0.15) is 24.2 Å². The summed E-state index contributed by atoms with van der Waals surface area (Å²) in [6, 6.07) is 3.75. The van der Waals surface area contributed by atoms with E-state index in [0.29, 0.717) is 12.5 Å². The van der Waals surface area contributed by atoms with E-state index < -0.39 is 5.82 Å². The molecule has 1 aliphatic rings. The summed E-state index contributed by atoms with van der Waals surface area (Å²) in [4.78, 5) is 16.5. The van der Waals surface area contributed by atoms with Crippen molar-refractivity contribution in [2.24, 2.45) is 5.92 Å². The largest absolute Gasteiger partial charge is 0.508 e. The lowest BCUT2D eigenvalue weighted by atomic mass is 9.98. The maximum atomic E-state index is 13.8. The monoisotopic (exact) mass is 280 g/mol. The van der Waals surface area contributed by atoms with Gasteiger partial charge >= 0.3 is 0 Å². The van der Waals surface area contributed by atoms with Crippen molar-refractivity contribution < 1.29 is 14.3 Å². The molecule has 1 atom stereocenters. The Bertz CT molecular complexity index is 505. The molecule has 0 saturated carbocycles. The Morgan fingerprint density at radius 1 is 1.40 bits per heavy atom. The molecular formula is C15H21FN2O2. The highest BCUT2D eigenvalue weighted by molar-refractivity contribution is 5.95. The van der Waals surface area contributed by atoms with Gasteiger partial charge in [-0.25, -0.2) is 4.39 Å². The molecule has 1 aliphatic heterocycles. The van der Waals surface area contributed by atoms with Crippen molar-refractivity contribution in [3.8, 4) is 5.75 Å². The number of nitrogens with zero attached hydrogens (tertiary/aromatic N) is 2. The van der Waals surface area contributed by atoms with Crippen LogP contribution in [0.2, 0.25) is 0 Å². The summed E-state index contributed by atoms with van der Waals surface area (Å²) >= 11 is 0. The van der Waals surface area contributed by atoms with Gasteiger partial charge in [0.1, 0.15) is 11.6 Å². The first kappa shape index (κ1) is 14.8. The van der Waals surface area contributed by atoms with Crippen LogP contribution >= 0.6 is 0 Å². The lowest BCUT2D eigenvalue weighted by Gasteiger charge is -2.42. The molecule has 0 bridgehead atoms. The van der Waals surface area contributed by atoms with Gasteiger partial charge in [0.05, 0.1) is 5.56 Å². The van der Waals surface area contributed by atoms with Crippen molar-refractivity contribution in [2.75, 3.05) is 26.7 Å². The molecule has 0 unspecified atom stereocenters. The van der Waals surface area contributed by atoms with Crippen molar-refractivity contribution in [1.29, 1.82) is 0 Å². The van der Waals surface area contributed by atoms with Crippen LogP contribution < -0.4 is 0 Å². The Balaban J connectivity index is 2.26. The summed E-state index contributed by atoms with van der Waals surface area (Å²) in [6.45, 7) is 6.31. The second-order valence-corrected chi connectivity index (χ2v) is 5.74. The molecule has 1 heterocycles. The second-order valence-electron chi connectivity index (χ2n) is 5.74. The number of phenolic OH excluding ortho intramolecular Hbond substituents is 1. The Morgan fingerprint density at radius 2 is 2.10 bits per heavy atom. The van der Waals surface area contributed by atoms with Crippen molar-refractivity contribution in [3.05, 3.63) is 29.6 Å². The van der Waals surface area contributed by atoms with Crippen molar-refractivity contribution in [3.63, 3.8) is 0 Å². The molecule has 1 fully saturated rings. The third kappa shape index (κ3) is 2.93. The van der Waals surface area contributed by atoms with Gasteiger partial charge in [0.15, 0.2) is 0 Å². The van der Waals surface area contributed by atoms with E-state index in [0.717, 1.165) is 19.2 Å². The lowest BCUT2D eigenvalue weighted by Crippen LogP contribution is -2.56. The van der Waals surface area contributed by atoms with Crippen LogP contribution in [0.25, 0.3) is 0 Å². The number of carbonyl (C=O) groups excluding carboxylic acids is 1. The Kier molecular flexibility index (Phi) is 4.28. The molecule has 1 N–H and O–H groups in total. The van der Waals surface area contributed by atoms with E-state index >= 15 is 0 Å². The van der Waals surface area contributed by atoms with Gasteiger partial charge < -0.3 is 14.9 Å². The second kappa shape index (κ2) is 5.79. The molecule has 20 heavy (non-hydrogen) atoms. The molecule has 1 saturated heterocycles. The first-order valence-electron chi connectivity index (χ1n) is 6.88. The molecule has 0 aliphatic carbocycles. The van der Waals surface area contributed by atoms with E-state index in [1.165, 1.54) is 12.1 Å². The van der Waals surface area contributed by atoms with Gasteiger partial charge in [-0.05, 0) is 25.1 Å². The number of aromatic hydroxyl groups is 1. The fourth-order valence-corrected chi connectivity index (χ4v) is 2.61. The van der Waals surface area contributed by atoms with E-state index in [4.69, 9.17) is 0 Å². The number of amides is 1. The molecule has 5 heteroatoms. The van der Waals surface area contributed by atoms with Crippen LogP contribution in [0.4, 0.5) is 4.39 Å². The number of hydrogen-bond donors (Lipinski definition) is 1. The topological polar surface area (TPSA) is 43.8 Å². The summed E-state index contributed by atoms with van der Waals surface area (Å²) < 4.78 is 13.8. The predicted octanol–water partition coefficient (Wildman–Crippen LogP) is 1.94. The van der Waals surface area contributed by atoms with Crippen LogP contribution in [0.5, 0.6) is 5.75 Å². The Hall–Kier alpha value is -1.62. The third-order valence-electron chi connectivity index (χ3n) is 3.84. The SMILES string of the molecule is CC(C)[C@H]1CN(C)CCN1C(=O)c1ccc(O)cc1F. The maximum Gasteiger partial charge on any atom is 0.257 e. The number of rotatable bonds is 2. The number of likely N-dealkylation sites (N-methyl/N-ethyl adjacent to an activating group) is 1. The minimum absolute atomic E-state index is 0.0259. The molecule has 4 nitrogen and oxygen atoms in total. The Labute approximate surface area is 118 Å². The highest BCUT2D eigenvalue weighted by Gasteiger charge is 2.32. The van der Waals surface area contributed by atoms with Gasteiger partial charge in [-0.15, -0.1) is 0 Å². The summed E-state index contributed by atoms with van der Waals surface area (Å²) in [5.41, 5.74) is 0.0259. The van der Waals surface area contributed by atoms with Gasteiger partial charge in [-0.3, -0.25) is 4.79 Å². The van der Waals surface area contributed by atoms with E-state index in [9.17, 15) is 14.3 Å². The molecule has 0 spiro atoms. The van der Waals surface area contributed by atoms with Crippen LogP contribution in [0, 0.1) is 11.7 Å². The standard InChI is InChI=1S/C15H21FN2O2/c1-10(2)14-9-17(3)6-7-18(14)15(20)12-5-4-11(19)8-13(12)16/h4-5,8,10,14,19H,6-7,9H2,1-3H3/t14-/m1/s1. The van der Waals surface area contributed by atoms with Crippen LogP contribution in [-0.4, -0.2) is 53.5 Å². The van der Waals surface area contributed by atoms with Crippen LogP contribution in [0.3, 0.4) is 0 Å². The fraction of sp³-hybridized carbons (Fsp3) is 0.533. The zero-order valence-corrected chi connectivity index (χ0v) is 12.1. The third-order valence-corrected chi connectivity index (χ3v) is 3.84. The van der Waals surface area contributed by atoms with Gasteiger partial charge in [0.25, 0.3) is 5.91 Å². The van der Waals surface area contributed by atoms with Gasteiger partial charge in [0, 0.05) is 31.7 Å². The highest BCUT2D eigenvalue weighted by Crippen LogP contribution is 2.22. The zero-order chi connectivity index (χ0) is 14.9. The number of hydrogen-bond acceptors (Lipinski definition) is 3. The number of phenols is 1. The van der Waals surface area contributed by atoms with E-state index in [-0.39, 0.29) is 23.3 Å². The average molecular weight is 280 g/mol. The quantitative estimate of drug-likeness (QED) is 0.900. The van der Waals surface area contributed by atoms with Crippen LogP contribution in [0.15, 0.2) is 18.2 Å². The average Bonchev–Trinajstić information content (AvgIpc) is 2.37. The first-order valence-corrected chi connectivity index (χ1v) is 6.88. The normalized spacial score (nSPS) is 20.4. The minimum atomic E-state index is -0.670. The molecule has 0 radical (unpaired) electrons. The summed E-state index contributed by atoms with van der Waals surface area (Å²) in [7, 11) is 2.03. The molecule has 1 amide bonds. The van der Waals surface area contributed by atoms with Gasteiger partial charge in [0.2, 0.25) is 0 Å². The smallest absolute Gasteiger partial charge is 0.257 e. The fourth-order valence-electron chi connectivity index (χ4n) is 2.61. The predicted molar refractivity (Wildman–Crippen MR) is 75.2 cm³/mol. The highest BCUT2D eigenvalue weighted by atomic mass is 19.1. The molecule has 110 valence electrons. The molecule has 1 aromatic carbocycles. The maximum absolute atomic E-state index is 13.8. The van der Waals surface area contributed by atoms with Crippen LogP contribution in [-0.2, 0) is 0 Å². The number of benzene rings is 1. The number of carbonyl (C=O) groups is 1. The van der Waals surface area contributed by atoms with Crippen molar-refractivity contribution >= 4 is 5.91 Å². The summed E-state index contributed by atoms with van der Waals surface area (Å²) in [5.74, 6) is -0.828. The number of piperazine rings is 1. The Morgan fingerprint density at radius 3 is 2.70 bits per heavy atom. The van der Waals surface area contributed by atoms with Gasteiger partial charge in [-0.1, -0.05) is 13.8 Å². The molecule has 1 aromatic rings. The zero-order valence-electron chi connectivity index (χ0n) is 12.1. The van der Waals surface area contributed by atoms with Crippen molar-refractivity contribution in [1.82, 2.24) is 9.80 Å². The minimum Gasteiger partial charge on any atom is -0.508 e. The van der Waals surface area contributed by atoms with E-state index in [1.807, 2.05) is 7.05 Å². The lowest BCUT2D eigenvalue weighted by molar-refractivity contribution is 0.0398. The summed E-state index contributed by atoms with van der Waals surface area (Å²) in [6.07, 6.45) is 0. The first-order chi connectivity index (χ1) is 9.40. The van der Waals surface area contributed by atoms with E-state index in [2.05, 4.69) is 18.7 Å². The molecule has 0 aromatic heterocycles. The molecular weight excluding hydrogens is 259 g/mol. The van der Waals surface area contributed by atoms with Gasteiger partial charge in [-0.2, -0.15) is 0 Å².